The highest BCUT2D eigenvalue weighted by Crippen LogP contribution is 2.30. The molecule has 1 fully saturated rings. The van der Waals surface area contributed by atoms with E-state index < -0.39 is 0 Å². The number of para-hydroxylation sites is 1. The Hall–Kier alpha value is -3.71. The van der Waals surface area contributed by atoms with Crippen LogP contribution in [0.1, 0.15) is 10.4 Å². The number of anilines is 1. The predicted molar refractivity (Wildman–Crippen MR) is 131 cm³/mol. The lowest BCUT2D eigenvalue weighted by molar-refractivity contribution is 0.0747. The largest absolute Gasteiger partial charge is 0.366 e. The number of amides is 1. The van der Waals surface area contributed by atoms with Crippen LogP contribution in [0, 0.1) is 5.82 Å². The van der Waals surface area contributed by atoms with Crippen LogP contribution >= 0.6 is 11.3 Å². The van der Waals surface area contributed by atoms with Gasteiger partial charge in [-0.3, -0.25) is 9.20 Å². The Balaban J connectivity index is 1.22. The first-order valence-corrected chi connectivity index (χ1v) is 11.7. The molecule has 0 unspecified atom stereocenters. The van der Waals surface area contributed by atoms with Crippen LogP contribution in [-0.2, 0) is 0 Å². The predicted octanol–water partition coefficient (Wildman–Crippen LogP) is 5.32. The highest BCUT2D eigenvalue weighted by molar-refractivity contribution is 7.23. The quantitative estimate of drug-likeness (QED) is 0.369. The Bertz CT molecular complexity index is 1470. The van der Waals surface area contributed by atoms with Crippen molar-refractivity contribution in [1.29, 1.82) is 0 Å². The number of carbonyl (C=O) groups is 1. The summed E-state index contributed by atoms with van der Waals surface area (Å²) in [5.41, 5.74) is 4.35. The topological polar surface area (TPSA) is 40.9 Å². The van der Waals surface area contributed by atoms with Crippen LogP contribution in [-0.4, -0.2) is 46.4 Å². The van der Waals surface area contributed by atoms with E-state index in [1.54, 1.807) is 23.5 Å². The van der Waals surface area contributed by atoms with Gasteiger partial charge in [0.05, 0.1) is 21.6 Å². The molecular weight excluding hydrogens is 435 g/mol. The smallest absolute Gasteiger partial charge is 0.254 e. The second-order valence-electron chi connectivity index (χ2n) is 8.16. The lowest BCUT2D eigenvalue weighted by Crippen LogP contribution is -2.49. The zero-order chi connectivity index (χ0) is 22.4. The van der Waals surface area contributed by atoms with Crippen molar-refractivity contribution < 1.29 is 9.18 Å². The Morgan fingerprint density at radius 2 is 1.67 bits per heavy atom. The van der Waals surface area contributed by atoms with Gasteiger partial charge in [0.25, 0.3) is 5.91 Å². The molecule has 164 valence electrons. The van der Waals surface area contributed by atoms with Crippen molar-refractivity contribution >= 4 is 38.1 Å². The van der Waals surface area contributed by atoms with Gasteiger partial charge >= 0.3 is 0 Å². The maximum Gasteiger partial charge on any atom is 0.254 e. The highest BCUT2D eigenvalue weighted by atomic mass is 32.1. The van der Waals surface area contributed by atoms with Crippen LogP contribution in [0.25, 0.3) is 26.4 Å². The Kier molecular flexibility index (Phi) is 4.84. The normalized spacial score (nSPS) is 14.3. The number of thiazole rings is 1. The van der Waals surface area contributed by atoms with Gasteiger partial charge < -0.3 is 9.80 Å². The number of hydrogen-bond donors (Lipinski definition) is 0. The average molecular weight is 457 g/mol. The molecule has 7 heteroatoms. The molecule has 1 aliphatic rings. The van der Waals surface area contributed by atoms with Gasteiger partial charge in [0.15, 0.2) is 4.96 Å². The molecule has 33 heavy (non-hydrogen) atoms. The SMILES string of the molecule is O=C(c1ccc2c(c1)sc1nc(-c3ccccc3)cn12)N1CCN(c2ccccc2F)CC1. The van der Waals surface area contributed by atoms with Gasteiger partial charge in [-0.25, -0.2) is 9.37 Å². The Labute approximate surface area is 194 Å². The number of hydrogen-bond acceptors (Lipinski definition) is 4. The van der Waals surface area contributed by atoms with Crippen LogP contribution in [0.2, 0.25) is 0 Å². The third-order valence-corrected chi connectivity index (χ3v) is 7.19. The van der Waals surface area contributed by atoms with E-state index in [9.17, 15) is 9.18 Å². The number of halogens is 1. The summed E-state index contributed by atoms with van der Waals surface area (Å²) in [7, 11) is 0. The van der Waals surface area contributed by atoms with E-state index in [0.717, 1.165) is 26.4 Å². The van der Waals surface area contributed by atoms with Crippen LogP contribution < -0.4 is 4.90 Å². The number of nitrogens with zero attached hydrogens (tertiary/aromatic N) is 4. The lowest BCUT2D eigenvalue weighted by atomic mass is 10.1. The van der Waals surface area contributed by atoms with Gasteiger partial charge in [-0.1, -0.05) is 53.8 Å². The zero-order valence-electron chi connectivity index (χ0n) is 17.8. The molecular formula is C26H21FN4OS. The molecule has 3 heterocycles. The summed E-state index contributed by atoms with van der Waals surface area (Å²) in [6.07, 6.45) is 2.05. The number of benzene rings is 3. The van der Waals surface area contributed by atoms with Crippen LogP contribution in [0.3, 0.4) is 0 Å². The van der Waals surface area contributed by atoms with E-state index in [1.807, 2.05) is 58.5 Å². The van der Waals surface area contributed by atoms with Crippen molar-refractivity contribution in [2.75, 3.05) is 31.1 Å². The highest BCUT2D eigenvalue weighted by Gasteiger charge is 2.24. The summed E-state index contributed by atoms with van der Waals surface area (Å²) in [6, 6.07) is 22.8. The van der Waals surface area contributed by atoms with Crippen LogP contribution in [0.4, 0.5) is 10.1 Å². The summed E-state index contributed by atoms with van der Waals surface area (Å²) in [5, 5.41) is 0. The summed E-state index contributed by atoms with van der Waals surface area (Å²) in [6.45, 7) is 2.37. The van der Waals surface area contributed by atoms with E-state index in [4.69, 9.17) is 4.98 Å². The average Bonchev–Trinajstić information content (AvgIpc) is 3.42. The summed E-state index contributed by atoms with van der Waals surface area (Å²) in [4.78, 5) is 22.7. The van der Waals surface area contributed by atoms with Gasteiger partial charge in [0.2, 0.25) is 0 Å². The Morgan fingerprint density at radius 1 is 0.909 bits per heavy atom. The van der Waals surface area contributed by atoms with E-state index in [1.165, 1.54) is 6.07 Å². The molecule has 0 spiro atoms. The molecule has 5 nitrogen and oxygen atoms in total. The van der Waals surface area contributed by atoms with Gasteiger partial charge in [0, 0.05) is 43.5 Å². The molecule has 1 amide bonds. The van der Waals surface area contributed by atoms with Gasteiger partial charge in [-0.2, -0.15) is 0 Å². The number of aromatic nitrogens is 2. The number of rotatable bonds is 3. The van der Waals surface area contributed by atoms with E-state index in [0.29, 0.717) is 37.4 Å². The third-order valence-electron chi connectivity index (χ3n) is 6.17. The van der Waals surface area contributed by atoms with Crippen molar-refractivity contribution in [3.63, 3.8) is 0 Å². The fourth-order valence-corrected chi connectivity index (χ4v) is 5.47. The first-order chi connectivity index (χ1) is 16.2. The summed E-state index contributed by atoms with van der Waals surface area (Å²) < 4.78 is 17.2. The second kappa shape index (κ2) is 8.01. The van der Waals surface area contributed by atoms with Crippen molar-refractivity contribution in [1.82, 2.24) is 14.3 Å². The van der Waals surface area contributed by atoms with E-state index in [-0.39, 0.29) is 11.7 Å². The standard InChI is InChI=1S/C26H21FN4OS/c27-20-8-4-5-9-22(20)29-12-14-30(15-13-29)25(32)19-10-11-23-24(16-19)33-26-28-21(17-31(23)26)18-6-2-1-3-7-18/h1-11,16-17H,12-15H2. The number of carbonyl (C=O) groups excluding carboxylic acids is 1. The van der Waals surface area contributed by atoms with Crippen molar-refractivity contribution in [2.45, 2.75) is 0 Å². The van der Waals surface area contributed by atoms with Crippen LogP contribution in [0.15, 0.2) is 79.0 Å². The van der Waals surface area contributed by atoms with Crippen molar-refractivity contribution in [2.24, 2.45) is 0 Å². The molecule has 1 aliphatic heterocycles. The van der Waals surface area contributed by atoms with E-state index >= 15 is 0 Å². The number of piperazine rings is 1. The molecule has 0 N–H and O–H groups in total. The molecule has 0 radical (unpaired) electrons. The van der Waals surface area contributed by atoms with Crippen LogP contribution in [0.5, 0.6) is 0 Å². The third kappa shape index (κ3) is 3.54. The molecule has 0 atom stereocenters. The fraction of sp³-hybridized carbons (Fsp3) is 0.154. The van der Waals surface area contributed by atoms with Gasteiger partial charge in [0.1, 0.15) is 5.82 Å². The molecule has 3 aromatic carbocycles. The van der Waals surface area contributed by atoms with Gasteiger partial charge in [-0.15, -0.1) is 0 Å². The number of imidazole rings is 1. The minimum absolute atomic E-state index is 0.0149. The number of fused-ring (bicyclic) bond motifs is 3. The van der Waals surface area contributed by atoms with Gasteiger partial charge in [-0.05, 0) is 30.3 Å². The van der Waals surface area contributed by atoms with E-state index in [2.05, 4.69) is 16.5 Å². The zero-order valence-corrected chi connectivity index (χ0v) is 18.6. The maximum atomic E-state index is 14.1. The van der Waals surface area contributed by atoms with Crippen molar-refractivity contribution in [3.05, 3.63) is 90.4 Å². The lowest BCUT2D eigenvalue weighted by Gasteiger charge is -2.36. The molecule has 0 saturated carbocycles. The summed E-state index contributed by atoms with van der Waals surface area (Å²) >= 11 is 1.59. The molecule has 0 bridgehead atoms. The van der Waals surface area contributed by atoms with Crippen molar-refractivity contribution in [3.8, 4) is 11.3 Å². The summed E-state index contributed by atoms with van der Waals surface area (Å²) in [5.74, 6) is -0.207. The molecule has 5 aromatic rings. The maximum absolute atomic E-state index is 14.1. The monoisotopic (exact) mass is 456 g/mol. The molecule has 6 rings (SSSR count). The second-order valence-corrected chi connectivity index (χ2v) is 9.17. The fourth-order valence-electron chi connectivity index (χ4n) is 4.42. The first-order valence-electron chi connectivity index (χ1n) is 10.9. The molecule has 2 aromatic heterocycles. The molecule has 1 saturated heterocycles. The minimum Gasteiger partial charge on any atom is -0.366 e. The minimum atomic E-state index is -0.221. The molecule has 0 aliphatic carbocycles. The Morgan fingerprint density at radius 3 is 2.45 bits per heavy atom. The first kappa shape index (κ1) is 19.9.